The summed E-state index contributed by atoms with van der Waals surface area (Å²) >= 11 is 0. The second-order valence-electron chi connectivity index (χ2n) is 4.48. The molecule has 2 rings (SSSR count). The molecular weight excluding hydrogens is 248 g/mol. The molecule has 0 spiro atoms. The van der Waals surface area contributed by atoms with Gasteiger partial charge in [-0.3, -0.25) is 0 Å². The Hall–Kier alpha value is -2.24. The van der Waals surface area contributed by atoms with Crippen LogP contribution in [-0.4, -0.2) is 35.1 Å². The van der Waals surface area contributed by atoms with Crippen molar-refractivity contribution in [2.45, 2.75) is 19.9 Å². The number of hydrogen-bond acceptors (Lipinski definition) is 3. The average molecular weight is 264 g/mol. The number of carbonyl (C=O) groups is 2. The summed E-state index contributed by atoms with van der Waals surface area (Å²) in [5, 5.41) is 11.4. The highest BCUT2D eigenvalue weighted by Gasteiger charge is 2.16. The number of furan rings is 1. The molecule has 19 heavy (non-hydrogen) atoms. The van der Waals surface area contributed by atoms with Crippen molar-refractivity contribution in [1.82, 2.24) is 10.2 Å². The fourth-order valence-corrected chi connectivity index (χ4v) is 1.82. The van der Waals surface area contributed by atoms with E-state index in [4.69, 9.17) is 9.52 Å². The Morgan fingerprint density at radius 3 is 2.84 bits per heavy atom. The van der Waals surface area contributed by atoms with Gasteiger partial charge in [0.05, 0.1) is 6.54 Å². The zero-order valence-corrected chi connectivity index (χ0v) is 10.7. The quantitative estimate of drug-likeness (QED) is 0.816. The van der Waals surface area contributed by atoms with Crippen LogP contribution in [0.4, 0.5) is 4.79 Å². The number of urea groups is 1. The topological polar surface area (TPSA) is 82.8 Å². The van der Waals surface area contributed by atoms with E-state index in [9.17, 15) is 9.59 Å². The molecule has 1 aliphatic heterocycles. The normalized spacial score (nSPS) is 15.0. The Kier molecular flexibility index (Phi) is 3.89. The van der Waals surface area contributed by atoms with Crippen LogP contribution < -0.4 is 5.32 Å². The first-order chi connectivity index (χ1) is 9.06. The molecule has 0 radical (unpaired) electrons. The maximum absolute atomic E-state index is 11.8. The number of nitrogens with zero attached hydrogens (tertiary/aromatic N) is 1. The maximum atomic E-state index is 11.8. The second-order valence-corrected chi connectivity index (χ2v) is 4.48. The molecule has 2 amide bonds. The largest absolute Gasteiger partial charge is 0.475 e. The number of carboxylic acids is 1. The predicted octanol–water partition coefficient (Wildman–Crippen LogP) is 1.84. The summed E-state index contributed by atoms with van der Waals surface area (Å²) in [6.07, 6.45) is 2.91. The van der Waals surface area contributed by atoms with Crippen molar-refractivity contribution in [2.75, 3.05) is 13.1 Å². The van der Waals surface area contributed by atoms with Gasteiger partial charge < -0.3 is 19.7 Å². The van der Waals surface area contributed by atoms with Gasteiger partial charge in [-0.05, 0) is 25.5 Å². The lowest BCUT2D eigenvalue weighted by Crippen LogP contribution is -2.41. The molecule has 2 heterocycles. The Morgan fingerprint density at radius 1 is 1.47 bits per heavy atom. The van der Waals surface area contributed by atoms with Gasteiger partial charge in [-0.25, -0.2) is 9.59 Å². The van der Waals surface area contributed by atoms with Crippen molar-refractivity contribution < 1.29 is 19.1 Å². The highest BCUT2D eigenvalue weighted by molar-refractivity contribution is 5.84. The van der Waals surface area contributed by atoms with Crippen molar-refractivity contribution in [3.63, 3.8) is 0 Å². The Morgan fingerprint density at radius 2 is 2.26 bits per heavy atom. The summed E-state index contributed by atoms with van der Waals surface area (Å²) in [4.78, 5) is 24.2. The van der Waals surface area contributed by atoms with E-state index in [1.807, 2.05) is 13.0 Å². The molecule has 0 atom stereocenters. The molecule has 0 aromatic carbocycles. The second kappa shape index (κ2) is 5.60. The van der Waals surface area contributed by atoms with E-state index in [-0.39, 0.29) is 18.3 Å². The molecule has 1 aliphatic rings. The summed E-state index contributed by atoms with van der Waals surface area (Å²) in [7, 11) is 0. The third-order valence-corrected chi connectivity index (χ3v) is 3.01. The van der Waals surface area contributed by atoms with Crippen LogP contribution in [0, 0.1) is 0 Å². The molecule has 6 nitrogen and oxygen atoms in total. The summed E-state index contributed by atoms with van der Waals surface area (Å²) in [6, 6.07) is 2.75. The first-order valence-electron chi connectivity index (χ1n) is 6.06. The third-order valence-electron chi connectivity index (χ3n) is 3.01. The van der Waals surface area contributed by atoms with Crippen molar-refractivity contribution in [2.24, 2.45) is 0 Å². The smallest absolute Gasteiger partial charge is 0.371 e. The van der Waals surface area contributed by atoms with Crippen LogP contribution in [0.5, 0.6) is 0 Å². The van der Waals surface area contributed by atoms with Crippen LogP contribution in [0.25, 0.3) is 0 Å². The molecule has 6 heteroatoms. The predicted molar refractivity (Wildman–Crippen MR) is 67.9 cm³/mol. The van der Waals surface area contributed by atoms with Gasteiger partial charge in [0.1, 0.15) is 5.76 Å². The SMILES string of the molecule is CC1=CCN(C(=O)NCc2ccc(C(=O)O)o2)CC1. The van der Waals surface area contributed by atoms with E-state index < -0.39 is 5.97 Å². The lowest BCUT2D eigenvalue weighted by Gasteiger charge is -2.25. The third kappa shape index (κ3) is 3.37. The van der Waals surface area contributed by atoms with Crippen LogP contribution in [0.2, 0.25) is 0 Å². The fraction of sp³-hybridized carbons (Fsp3) is 0.385. The van der Waals surface area contributed by atoms with Crippen molar-refractivity contribution in [1.29, 1.82) is 0 Å². The van der Waals surface area contributed by atoms with E-state index in [2.05, 4.69) is 5.32 Å². The Bertz CT molecular complexity index is 518. The monoisotopic (exact) mass is 264 g/mol. The first-order valence-corrected chi connectivity index (χ1v) is 6.06. The number of rotatable bonds is 3. The number of carbonyl (C=O) groups excluding carboxylic acids is 1. The first kappa shape index (κ1) is 13.2. The molecule has 102 valence electrons. The average Bonchev–Trinajstić information content (AvgIpc) is 2.86. The lowest BCUT2D eigenvalue weighted by atomic mass is 10.1. The Balaban J connectivity index is 1.84. The van der Waals surface area contributed by atoms with Gasteiger partial charge >= 0.3 is 12.0 Å². The fourth-order valence-electron chi connectivity index (χ4n) is 1.82. The summed E-state index contributed by atoms with van der Waals surface area (Å²) < 4.78 is 5.06. The van der Waals surface area contributed by atoms with Gasteiger partial charge in [0.15, 0.2) is 0 Å². The highest BCUT2D eigenvalue weighted by Crippen LogP contribution is 2.10. The zero-order valence-electron chi connectivity index (χ0n) is 10.7. The standard InChI is InChI=1S/C13H16N2O4/c1-9-4-6-15(7-5-9)13(18)14-8-10-2-3-11(19-10)12(16)17/h2-4H,5-8H2,1H3,(H,14,18)(H,16,17). The molecule has 0 saturated carbocycles. The molecule has 2 N–H and O–H groups in total. The minimum absolute atomic E-state index is 0.124. The molecule has 1 aromatic heterocycles. The van der Waals surface area contributed by atoms with E-state index in [1.54, 1.807) is 11.0 Å². The zero-order chi connectivity index (χ0) is 13.8. The molecule has 1 aromatic rings. The molecule has 0 bridgehead atoms. The van der Waals surface area contributed by atoms with Gasteiger partial charge in [-0.15, -0.1) is 0 Å². The number of nitrogens with one attached hydrogen (secondary N) is 1. The van der Waals surface area contributed by atoms with Gasteiger partial charge in [-0.1, -0.05) is 11.6 Å². The molecule has 0 unspecified atom stereocenters. The minimum Gasteiger partial charge on any atom is -0.475 e. The van der Waals surface area contributed by atoms with Crippen molar-refractivity contribution >= 4 is 12.0 Å². The van der Waals surface area contributed by atoms with Crippen LogP contribution >= 0.6 is 0 Å². The van der Waals surface area contributed by atoms with E-state index in [1.165, 1.54) is 11.6 Å². The van der Waals surface area contributed by atoms with Gasteiger partial charge in [-0.2, -0.15) is 0 Å². The number of aromatic carboxylic acids is 1. The lowest BCUT2D eigenvalue weighted by molar-refractivity contribution is 0.0660. The van der Waals surface area contributed by atoms with Crippen LogP contribution in [0.3, 0.4) is 0 Å². The maximum Gasteiger partial charge on any atom is 0.371 e. The van der Waals surface area contributed by atoms with Gasteiger partial charge in [0, 0.05) is 13.1 Å². The summed E-state index contributed by atoms with van der Waals surface area (Å²) in [5.41, 5.74) is 1.29. The van der Waals surface area contributed by atoms with Crippen molar-refractivity contribution in [3.8, 4) is 0 Å². The van der Waals surface area contributed by atoms with Crippen molar-refractivity contribution in [3.05, 3.63) is 35.3 Å². The van der Waals surface area contributed by atoms with Gasteiger partial charge in [0.2, 0.25) is 5.76 Å². The highest BCUT2D eigenvalue weighted by atomic mass is 16.4. The van der Waals surface area contributed by atoms with E-state index >= 15 is 0 Å². The minimum atomic E-state index is -1.12. The van der Waals surface area contributed by atoms with E-state index in [0.717, 1.165) is 6.42 Å². The van der Waals surface area contributed by atoms with Gasteiger partial charge in [0.25, 0.3) is 0 Å². The van der Waals surface area contributed by atoms with Crippen LogP contribution in [-0.2, 0) is 6.54 Å². The Labute approximate surface area is 110 Å². The molecule has 0 fully saturated rings. The summed E-state index contributed by atoms with van der Waals surface area (Å²) in [6.45, 7) is 3.54. The number of hydrogen-bond donors (Lipinski definition) is 2. The van der Waals surface area contributed by atoms with Crippen LogP contribution in [0.15, 0.2) is 28.2 Å². The number of amides is 2. The molecular formula is C13H16N2O4. The molecule has 0 aliphatic carbocycles. The number of carboxylic acid groups (broad SMARTS) is 1. The summed E-state index contributed by atoms with van der Waals surface area (Å²) in [5.74, 6) is -0.815. The van der Waals surface area contributed by atoms with Crippen LogP contribution in [0.1, 0.15) is 29.7 Å². The molecule has 0 saturated heterocycles. The van der Waals surface area contributed by atoms with E-state index in [0.29, 0.717) is 18.8 Å².